The van der Waals surface area contributed by atoms with Crippen molar-refractivity contribution in [3.63, 3.8) is 0 Å². The highest BCUT2D eigenvalue weighted by molar-refractivity contribution is 5.83. The molecule has 5 atom stereocenters. The van der Waals surface area contributed by atoms with Crippen LogP contribution in [0.2, 0.25) is 0 Å². The van der Waals surface area contributed by atoms with Gasteiger partial charge in [-0.1, -0.05) is 5.92 Å². The Labute approximate surface area is 241 Å². The summed E-state index contributed by atoms with van der Waals surface area (Å²) in [4.78, 5) is 50.8. The molecule has 0 bridgehead atoms. The molecule has 15 nitrogen and oxygen atoms in total. The van der Waals surface area contributed by atoms with Gasteiger partial charge in [0.05, 0.1) is 12.4 Å². The standard InChI is InChI=1S/C27H34N8O7/c28-23-19-24(35(13-29-19)26-21(38)20(37)22(42-26)25(39)31-15-4-5-15)33-17(32-23)3-1-2-14-8-10-34(11-9-14)27(40)41-12-16-6-7-18(36)30-16/h13-16,20-22,26,37-38H,2,4-12H2,(H,30,36)(H,31,39)(H2,28,32,33)/t16?,20-,21+,22-,26+/m0/s1. The molecule has 2 aromatic rings. The minimum absolute atomic E-state index is 0.0129. The number of nitrogens with two attached hydrogens (primary N) is 1. The van der Waals surface area contributed by atoms with E-state index >= 15 is 0 Å². The minimum atomic E-state index is -1.42. The van der Waals surface area contributed by atoms with Crippen molar-refractivity contribution in [1.29, 1.82) is 0 Å². The van der Waals surface area contributed by atoms with Crippen molar-refractivity contribution < 1.29 is 34.1 Å². The van der Waals surface area contributed by atoms with E-state index in [1.807, 2.05) is 0 Å². The Morgan fingerprint density at radius 2 is 1.95 bits per heavy atom. The third-order valence-corrected chi connectivity index (χ3v) is 8.10. The molecule has 2 aromatic heterocycles. The number of carbonyl (C=O) groups is 3. The third kappa shape index (κ3) is 5.96. The first-order chi connectivity index (χ1) is 20.3. The molecule has 42 heavy (non-hydrogen) atoms. The lowest BCUT2D eigenvalue weighted by Crippen LogP contribution is -2.43. The highest BCUT2D eigenvalue weighted by atomic mass is 16.6. The number of nitrogen functional groups attached to an aromatic ring is 1. The first-order valence-corrected chi connectivity index (χ1v) is 14.3. The summed E-state index contributed by atoms with van der Waals surface area (Å²) >= 11 is 0. The number of aliphatic hydroxyl groups excluding tert-OH is 2. The van der Waals surface area contributed by atoms with Gasteiger partial charge in [-0.05, 0) is 43.9 Å². The molecule has 1 saturated carbocycles. The molecule has 4 aliphatic rings. The summed E-state index contributed by atoms with van der Waals surface area (Å²) < 4.78 is 12.6. The van der Waals surface area contributed by atoms with Gasteiger partial charge >= 0.3 is 6.09 Å². The molecule has 15 heteroatoms. The number of nitrogens with one attached hydrogen (secondary N) is 2. The molecule has 0 radical (unpaired) electrons. The van der Waals surface area contributed by atoms with Gasteiger partial charge in [0.2, 0.25) is 11.7 Å². The third-order valence-electron chi connectivity index (χ3n) is 8.10. The molecule has 1 unspecified atom stereocenters. The molecule has 224 valence electrons. The van der Waals surface area contributed by atoms with E-state index < -0.39 is 30.4 Å². The van der Waals surface area contributed by atoms with Crippen LogP contribution in [0, 0.1) is 17.8 Å². The number of hydrogen-bond acceptors (Lipinski definition) is 11. The number of anilines is 1. The van der Waals surface area contributed by atoms with Crippen molar-refractivity contribution in [3.05, 3.63) is 12.2 Å². The average molecular weight is 583 g/mol. The Morgan fingerprint density at radius 3 is 2.67 bits per heavy atom. The Hall–Kier alpha value is -4.00. The fourth-order valence-electron chi connectivity index (χ4n) is 5.46. The Kier molecular flexibility index (Phi) is 7.84. The van der Waals surface area contributed by atoms with Crippen LogP contribution in [0.4, 0.5) is 10.6 Å². The molecule has 0 aromatic carbocycles. The maximum absolute atomic E-state index is 12.5. The van der Waals surface area contributed by atoms with Crippen LogP contribution in [-0.4, -0.2) is 103 Å². The molecule has 0 spiro atoms. The SMILES string of the molecule is Nc1nc(C#CCC2CCN(C(=O)OCC3CCC(=O)N3)CC2)nc2c1ncn2[C@@H]1O[C@H](C(=O)NC2CC2)[C@@H](O)[C@H]1O. The number of imidazole rings is 1. The molecule has 5 heterocycles. The van der Waals surface area contributed by atoms with Gasteiger partial charge in [0.1, 0.15) is 24.3 Å². The van der Waals surface area contributed by atoms with Crippen molar-refractivity contribution in [2.75, 3.05) is 25.4 Å². The predicted octanol–water partition coefficient (Wildman–Crippen LogP) is -0.825. The number of piperidine rings is 1. The summed E-state index contributed by atoms with van der Waals surface area (Å²) in [5.74, 6) is 6.12. The molecular weight excluding hydrogens is 548 g/mol. The van der Waals surface area contributed by atoms with Crippen molar-refractivity contribution in [1.82, 2.24) is 35.1 Å². The number of aliphatic hydroxyl groups is 2. The van der Waals surface area contributed by atoms with Crippen LogP contribution < -0.4 is 16.4 Å². The topological polar surface area (TPSA) is 207 Å². The summed E-state index contributed by atoms with van der Waals surface area (Å²) in [5, 5.41) is 26.7. The summed E-state index contributed by atoms with van der Waals surface area (Å²) in [5.41, 5.74) is 6.66. The van der Waals surface area contributed by atoms with Crippen molar-refractivity contribution >= 4 is 34.9 Å². The van der Waals surface area contributed by atoms with Gasteiger partial charge in [-0.15, -0.1) is 0 Å². The van der Waals surface area contributed by atoms with Gasteiger partial charge in [0, 0.05) is 32.0 Å². The molecule has 4 fully saturated rings. The number of fused-ring (bicyclic) bond motifs is 1. The number of rotatable bonds is 6. The van der Waals surface area contributed by atoms with Crippen LogP contribution in [0.3, 0.4) is 0 Å². The van der Waals surface area contributed by atoms with Gasteiger partial charge < -0.3 is 41.0 Å². The number of amides is 3. The minimum Gasteiger partial charge on any atom is -0.447 e. The van der Waals surface area contributed by atoms with Gasteiger partial charge in [-0.2, -0.15) is 0 Å². The van der Waals surface area contributed by atoms with Crippen LogP contribution in [0.25, 0.3) is 11.2 Å². The summed E-state index contributed by atoms with van der Waals surface area (Å²) in [6.07, 6.45) is 0.866. The van der Waals surface area contributed by atoms with Crippen molar-refractivity contribution in [2.45, 2.75) is 81.6 Å². The summed E-state index contributed by atoms with van der Waals surface area (Å²) in [6, 6.07) is -0.0320. The van der Waals surface area contributed by atoms with Crippen LogP contribution >= 0.6 is 0 Å². The maximum Gasteiger partial charge on any atom is 0.409 e. The summed E-state index contributed by atoms with van der Waals surface area (Å²) in [7, 11) is 0. The monoisotopic (exact) mass is 582 g/mol. The highest BCUT2D eigenvalue weighted by Gasteiger charge is 2.48. The first-order valence-electron chi connectivity index (χ1n) is 14.3. The number of aromatic nitrogens is 4. The van der Waals surface area contributed by atoms with Crippen molar-refractivity contribution in [2.24, 2.45) is 5.92 Å². The predicted molar refractivity (Wildman–Crippen MR) is 145 cm³/mol. The van der Waals surface area contributed by atoms with E-state index in [0.717, 1.165) is 25.7 Å². The lowest BCUT2D eigenvalue weighted by Gasteiger charge is -2.30. The normalized spacial score (nSPS) is 27.9. The van der Waals surface area contributed by atoms with E-state index in [1.165, 1.54) is 10.9 Å². The lowest BCUT2D eigenvalue weighted by molar-refractivity contribution is -0.137. The second kappa shape index (κ2) is 11.7. The molecule has 6 rings (SSSR count). The lowest BCUT2D eigenvalue weighted by atomic mass is 9.94. The quantitative estimate of drug-likeness (QED) is 0.266. The van der Waals surface area contributed by atoms with Gasteiger partial charge in [-0.25, -0.2) is 19.7 Å². The van der Waals surface area contributed by atoms with Crippen LogP contribution in [-0.2, 0) is 19.1 Å². The second-order valence-electron chi connectivity index (χ2n) is 11.3. The van der Waals surface area contributed by atoms with E-state index in [1.54, 1.807) is 4.90 Å². The zero-order valence-electron chi connectivity index (χ0n) is 22.9. The van der Waals surface area contributed by atoms with Crippen molar-refractivity contribution in [3.8, 4) is 11.8 Å². The molecule has 3 amide bonds. The largest absolute Gasteiger partial charge is 0.447 e. The fourth-order valence-corrected chi connectivity index (χ4v) is 5.46. The Balaban J connectivity index is 1.05. The average Bonchev–Trinajstić information content (AvgIpc) is 3.39. The van der Waals surface area contributed by atoms with Gasteiger partial charge in [0.15, 0.2) is 23.8 Å². The zero-order valence-corrected chi connectivity index (χ0v) is 22.9. The van der Waals surface area contributed by atoms with E-state index in [2.05, 4.69) is 37.4 Å². The molecule has 3 aliphatic heterocycles. The number of ether oxygens (including phenoxy) is 2. The number of hydrogen-bond donors (Lipinski definition) is 5. The first kappa shape index (κ1) is 28.1. The number of carbonyl (C=O) groups excluding carboxylic acids is 3. The van der Waals surface area contributed by atoms with E-state index in [9.17, 15) is 24.6 Å². The Bertz CT molecular complexity index is 1420. The maximum atomic E-state index is 12.5. The molecule has 1 aliphatic carbocycles. The van der Waals surface area contributed by atoms with Crippen LogP contribution in [0.15, 0.2) is 6.33 Å². The molecular formula is C27H34N8O7. The molecule has 6 N–H and O–H groups in total. The van der Waals surface area contributed by atoms with Crippen LogP contribution in [0.1, 0.15) is 57.0 Å². The number of nitrogens with zero attached hydrogens (tertiary/aromatic N) is 5. The van der Waals surface area contributed by atoms with E-state index in [-0.39, 0.29) is 59.4 Å². The highest BCUT2D eigenvalue weighted by Crippen LogP contribution is 2.33. The second-order valence-corrected chi connectivity index (χ2v) is 11.3. The smallest absolute Gasteiger partial charge is 0.409 e. The van der Waals surface area contributed by atoms with E-state index in [0.29, 0.717) is 32.4 Å². The van der Waals surface area contributed by atoms with E-state index in [4.69, 9.17) is 15.2 Å². The molecule has 3 saturated heterocycles. The van der Waals surface area contributed by atoms with Gasteiger partial charge in [0.25, 0.3) is 5.91 Å². The zero-order chi connectivity index (χ0) is 29.4. The number of likely N-dealkylation sites (tertiary alicyclic amines) is 1. The van der Waals surface area contributed by atoms with Gasteiger partial charge in [-0.3, -0.25) is 14.2 Å². The Morgan fingerprint density at radius 1 is 1.17 bits per heavy atom. The summed E-state index contributed by atoms with van der Waals surface area (Å²) in [6.45, 7) is 1.31. The fraction of sp³-hybridized carbons (Fsp3) is 0.630. The van der Waals surface area contributed by atoms with Crippen LogP contribution in [0.5, 0.6) is 0 Å².